The Labute approximate surface area is 263 Å². The fraction of sp³-hybridized carbons (Fsp3) is 0.389. The highest BCUT2D eigenvalue weighted by atomic mass is 32.1. The fourth-order valence-corrected chi connectivity index (χ4v) is 6.70. The summed E-state index contributed by atoms with van der Waals surface area (Å²) in [5, 5.41) is 15.1. The van der Waals surface area contributed by atoms with E-state index in [1.807, 2.05) is 12.1 Å². The Kier molecular flexibility index (Phi) is 9.79. The highest BCUT2D eigenvalue weighted by Crippen LogP contribution is 2.35. The van der Waals surface area contributed by atoms with Crippen LogP contribution in [-0.2, 0) is 21.4 Å². The van der Waals surface area contributed by atoms with Crippen LogP contribution < -0.4 is 10.6 Å². The lowest BCUT2D eigenvalue weighted by molar-refractivity contribution is -0.136. The van der Waals surface area contributed by atoms with Crippen LogP contribution in [0.1, 0.15) is 104 Å². The number of aromatic nitrogens is 1. The number of aliphatic carboxylic acids is 1. The summed E-state index contributed by atoms with van der Waals surface area (Å²) in [4.78, 5) is 41.8. The zero-order valence-electron chi connectivity index (χ0n) is 25.7. The Bertz CT molecular complexity index is 1610. The molecule has 7 nitrogen and oxygen atoms in total. The Balaban J connectivity index is 1.36. The minimum atomic E-state index is -0.961. The zero-order chi connectivity index (χ0) is 31.3. The van der Waals surface area contributed by atoms with Gasteiger partial charge in [-0.1, -0.05) is 93.8 Å². The molecule has 5 rings (SSSR count). The molecule has 1 aliphatic rings. The van der Waals surface area contributed by atoms with Crippen molar-refractivity contribution in [1.82, 2.24) is 10.3 Å². The molecule has 230 valence electrons. The maximum Gasteiger partial charge on any atom is 0.305 e. The van der Waals surface area contributed by atoms with Crippen LogP contribution in [0.3, 0.4) is 0 Å². The number of nitrogens with one attached hydrogen (secondary N) is 2. The number of hydrogen-bond donors (Lipinski definition) is 3. The molecule has 0 bridgehead atoms. The molecule has 0 spiro atoms. The van der Waals surface area contributed by atoms with Gasteiger partial charge in [-0.3, -0.25) is 14.4 Å². The normalized spacial score (nSPS) is 14.7. The minimum Gasteiger partial charge on any atom is -0.481 e. The molecule has 3 N–H and O–H groups in total. The summed E-state index contributed by atoms with van der Waals surface area (Å²) in [6.45, 7) is 6.58. The van der Waals surface area contributed by atoms with Crippen molar-refractivity contribution >= 4 is 44.5 Å². The summed E-state index contributed by atoms with van der Waals surface area (Å²) in [6, 6.07) is 22.0. The first-order valence-corrected chi connectivity index (χ1v) is 16.3. The van der Waals surface area contributed by atoms with Gasteiger partial charge in [0.25, 0.3) is 5.91 Å². The average Bonchev–Trinajstić information content (AvgIpc) is 3.41. The number of carboxylic acids is 1. The molecular formula is C36H41N3O4S. The van der Waals surface area contributed by atoms with Gasteiger partial charge < -0.3 is 15.7 Å². The van der Waals surface area contributed by atoms with Crippen LogP contribution in [0.4, 0.5) is 5.13 Å². The molecular weight excluding hydrogens is 570 g/mol. The second kappa shape index (κ2) is 13.7. The number of carbonyl (C=O) groups is 3. The molecule has 1 fully saturated rings. The van der Waals surface area contributed by atoms with E-state index in [9.17, 15) is 14.4 Å². The highest BCUT2D eigenvalue weighted by Gasteiger charge is 2.24. The smallest absolute Gasteiger partial charge is 0.305 e. The summed E-state index contributed by atoms with van der Waals surface area (Å²) < 4.78 is 1.03. The van der Waals surface area contributed by atoms with E-state index in [2.05, 4.69) is 73.9 Å². The van der Waals surface area contributed by atoms with Gasteiger partial charge >= 0.3 is 5.97 Å². The van der Waals surface area contributed by atoms with Gasteiger partial charge in [-0.25, -0.2) is 4.98 Å². The highest BCUT2D eigenvalue weighted by molar-refractivity contribution is 7.22. The predicted molar refractivity (Wildman–Crippen MR) is 177 cm³/mol. The van der Waals surface area contributed by atoms with Gasteiger partial charge in [0.2, 0.25) is 5.91 Å². The van der Waals surface area contributed by atoms with Crippen molar-refractivity contribution in [3.63, 3.8) is 0 Å². The quantitative estimate of drug-likeness (QED) is 0.170. The Morgan fingerprint density at radius 3 is 2.32 bits per heavy atom. The number of amides is 2. The van der Waals surface area contributed by atoms with Gasteiger partial charge in [0.15, 0.2) is 5.13 Å². The van der Waals surface area contributed by atoms with Gasteiger partial charge in [0.1, 0.15) is 0 Å². The molecule has 2 amide bonds. The van der Waals surface area contributed by atoms with Crippen molar-refractivity contribution < 1.29 is 19.5 Å². The third-order valence-electron chi connectivity index (χ3n) is 8.50. The second-order valence-electron chi connectivity index (χ2n) is 12.8. The molecule has 0 radical (unpaired) electrons. The number of thiazole rings is 1. The summed E-state index contributed by atoms with van der Waals surface area (Å²) in [6.07, 6.45) is 6.60. The lowest BCUT2D eigenvalue weighted by Crippen LogP contribution is -2.26. The molecule has 1 unspecified atom stereocenters. The van der Waals surface area contributed by atoms with Crippen molar-refractivity contribution in [1.29, 1.82) is 0 Å². The van der Waals surface area contributed by atoms with Gasteiger partial charge in [-0.05, 0) is 77.1 Å². The number of nitrogens with zero attached hydrogens (tertiary/aromatic N) is 1. The molecule has 1 heterocycles. The molecule has 44 heavy (non-hydrogen) atoms. The third kappa shape index (κ3) is 7.91. The fourth-order valence-electron chi connectivity index (χ4n) is 5.85. The number of fused-ring (bicyclic) bond motifs is 1. The lowest BCUT2D eigenvalue weighted by Gasteiger charge is -2.23. The second-order valence-corrected chi connectivity index (χ2v) is 13.8. The SMILES string of the molecule is CC(C)(C)c1ccc2sc(NC(=O)C(Cc3ccc(C(=O)NCCC(=O)O)cc3)c3ccc(C4CCCCC4)cc3)nc2c1. The number of carboxylic acid groups (broad SMARTS) is 1. The number of carbonyl (C=O) groups excluding carboxylic acids is 2. The number of benzene rings is 3. The van der Waals surface area contributed by atoms with E-state index in [-0.39, 0.29) is 30.2 Å². The van der Waals surface area contributed by atoms with Gasteiger partial charge in [-0.2, -0.15) is 0 Å². The van der Waals surface area contributed by atoms with Crippen LogP contribution in [0.25, 0.3) is 10.2 Å². The summed E-state index contributed by atoms with van der Waals surface area (Å²) in [5.74, 6) is -1.28. The molecule has 3 aromatic carbocycles. The van der Waals surface area contributed by atoms with E-state index < -0.39 is 11.9 Å². The van der Waals surface area contributed by atoms with E-state index in [1.165, 1.54) is 54.6 Å². The first-order chi connectivity index (χ1) is 21.1. The average molecular weight is 612 g/mol. The first kappa shape index (κ1) is 31.4. The van der Waals surface area contributed by atoms with Crippen molar-refractivity contribution in [3.05, 3.63) is 94.5 Å². The van der Waals surface area contributed by atoms with Crippen molar-refractivity contribution in [2.45, 2.75) is 83.0 Å². The maximum atomic E-state index is 13.9. The van der Waals surface area contributed by atoms with E-state index in [0.29, 0.717) is 23.0 Å². The Hall–Kier alpha value is -4.04. The van der Waals surface area contributed by atoms with Gasteiger partial charge in [0, 0.05) is 12.1 Å². The topological polar surface area (TPSA) is 108 Å². The minimum absolute atomic E-state index is 0.00476. The van der Waals surface area contributed by atoms with Crippen LogP contribution in [0.2, 0.25) is 0 Å². The summed E-state index contributed by atoms with van der Waals surface area (Å²) >= 11 is 1.47. The number of hydrogen-bond acceptors (Lipinski definition) is 5. The first-order valence-electron chi connectivity index (χ1n) is 15.5. The lowest BCUT2D eigenvalue weighted by atomic mass is 9.83. The van der Waals surface area contributed by atoms with E-state index in [0.717, 1.165) is 21.3 Å². The summed E-state index contributed by atoms with van der Waals surface area (Å²) in [7, 11) is 0. The Morgan fingerprint density at radius 1 is 0.955 bits per heavy atom. The molecule has 1 aromatic heterocycles. The van der Waals surface area contributed by atoms with Gasteiger partial charge in [-0.15, -0.1) is 0 Å². The number of rotatable bonds is 10. The predicted octanol–water partition coefficient (Wildman–Crippen LogP) is 7.81. The van der Waals surface area contributed by atoms with E-state index >= 15 is 0 Å². The zero-order valence-corrected chi connectivity index (χ0v) is 26.5. The molecule has 1 aliphatic carbocycles. The standard InChI is InChI=1S/C36H41N3O4S/c1-36(2,3)28-17-18-31-30(22-28)38-35(44-31)39-34(43)29(26-15-13-25(14-16-26)24-7-5-4-6-8-24)21-23-9-11-27(12-10-23)33(42)37-20-19-32(40)41/h9-18,22,24,29H,4-8,19-21H2,1-3H3,(H,37,42)(H,40,41)(H,38,39,43). The molecule has 1 saturated carbocycles. The number of anilines is 1. The van der Waals surface area contributed by atoms with Crippen LogP contribution in [0.5, 0.6) is 0 Å². The van der Waals surface area contributed by atoms with E-state index in [1.54, 1.807) is 12.1 Å². The monoisotopic (exact) mass is 611 g/mol. The molecule has 4 aromatic rings. The molecule has 0 aliphatic heterocycles. The van der Waals surface area contributed by atoms with Crippen LogP contribution in [0.15, 0.2) is 66.7 Å². The Morgan fingerprint density at radius 2 is 1.66 bits per heavy atom. The largest absolute Gasteiger partial charge is 0.481 e. The summed E-state index contributed by atoms with van der Waals surface area (Å²) in [5.41, 5.74) is 5.72. The van der Waals surface area contributed by atoms with E-state index in [4.69, 9.17) is 10.1 Å². The maximum absolute atomic E-state index is 13.9. The van der Waals surface area contributed by atoms with Crippen LogP contribution in [-0.4, -0.2) is 34.4 Å². The van der Waals surface area contributed by atoms with Crippen LogP contribution >= 0.6 is 11.3 Å². The molecule has 0 saturated heterocycles. The van der Waals surface area contributed by atoms with Crippen molar-refractivity contribution in [2.24, 2.45) is 0 Å². The molecule has 8 heteroatoms. The molecule has 1 atom stereocenters. The van der Waals surface area contributed by atoms with Crippen LogP contribution in [0, 0.1) is 0 Å². The van der Waals surface area contributed by atoms with Crippen molar-refractivity contribution in [2.75, 3.05) is 11.9 Å². The van der Waals surface area contributed by atoms with Gasteiger partial charge in [0.05, 0.1) is 22.6 Å². The third-order valence-corrected chi connectivity index (χ3v) is 9.45. The van der Waals surface area contributed by atoms with Crippen molar-refractivity contribution in [3.8, 4) is 0 Å².